The number of hydrogen-bond donors (Lipinski definition) is 1. The lowest BCUT2D eigenvalue weighted by molar-refractivity contribution is -0.122. The van der Waals surface area contributed by atoms with Gasteiger partial charge in [0.1, 0.15) is 16.0 Å². The summed E-state index contributed by atoms with van der Waals surface area (Å²) in [6.07, 6.45) is 1.64. The molecule has 1 fully saturated rings. The standard InChI is InChI=1S/C23H21N3O4S2/c1-4-25-20(28)16(12-24)14(3)19(22(25)30)17(27)9-10-26-21(29)18(32-23(26)31)11-15-7-5-13(2)6-8-15/h5-8,11,30H,4,9-10H2,1-3H3/b18-11-. The third-order valence-corrected chi connectivity index (χ3v) is 6.58. The first-order valence-electron chi connectivity index (χ1n) is 9.91. The van der Waals surface area contributed by atoms with Crippen molar-refractivity contribution in [3.05, 3.63) is 67.3 Å². The number of hydrogen-bond acceptors (Lipinski definition) is 7. The Kier molecular flexibility index (Phi) is 6.96. The van der Waals surface area contributed by atoms with Crippen LogP contribution in [0.4, 0.5) is 0 Å². The number of benzene rings is 1. The number of aryl methyl sites for hydroxylation is 1. The quantitative estimate of drug-likeness (QED) is 0.394. The topological polar surface area (TPSA) is 103 Å². The van der Waals surface area contributed by atoms with Gasteiger partial charge in [-0.05, 0) is 38.0 Å². The summed E-state index contributed by atoms with van der Waals surface area (Å²) in [5, 5.41) is 19.8. The summed E-state index contributed by atoms with van der Waals surface area (Å²) in [7, 11) is 0. The van der Waals surface area contributed by atoms with E-state index in [-0.39, 0.29) is 42.1 Å². The molecule has 1 saturated heterocycles. The van der Waals surface area contributed by atoms with Crippen LogP contribution < -0.4 is 5.56 Å². The average Bonchev–Trinajstić information content (AvgIpc) is 3.01. The highest BCUT2D eigenvalue weighted by molar-refractivity contribution is 8.26. The first kappa shape index (κ1) is 23.4. The molecule has 1 N–H and O–H groups in total. The normalized spacial score (nSPS) is 14.8. The number of aromatic nitrogens is 1. The lowest BCUT2D eigenvalue weighted by Gasteiger charge is -2.16. The fraction of sp³-hybridized carbons (Fsp3) is 0.261. The molecule has 1 aliphatic heterocycles. The molecule has 2 aromatic rings. The molecule has 32 heavy (non-hydrogen) atoms. The van der Waals surface area contributed by atoms with E-state index < -0.39 is 17.2 Å². The van der Waals surface area contributed by atoms with E-state index in [1.165, 1.54) is 23.6 Å². The Morgan fingerprint density at radius 2 is 1.91 bits per heavy atom. The van der Waals surface area contributed by atoms with Gasteiger partial charge in [0.25, 0.3) is 11.5 Å². The van der Waals surface area contributed by atoms with Crippen LogP contribution in [0.3, 0.4) is 0 Å². The van der Waals surface area contributed by atoms with Crippen LogP contribution in [0.5, 0.6) is 5.88 Å². The fourth-order valence-corrected chi connectivity index (χ4v) is 4.73. The maximum absolute atomic E-state index is 12.9. The molecular formula is C23H21N3O4S2. The van der Waals surface area contributed by atoms with Gasteiger partial charge in [-0.15, -0.1) is 0 Å². The summed E-state index contributed by atoms with van der Waals surface area (Å²) in [5.41, 5.74) is 1.22. The molecule has 0 aliphatic carbocycles. The Labute approximate surface area is 195 Å². The zero-order chi connectivity index (χ0) is 23.6. The molecule has 2 heterocycles. The van der Waals surface area contributed by atoms with Gasteiger partial charge in [-0.3, -0.25) is 23.9 Å². The van der Waals surface area contributed by atoms with Crippen LogP contribution in [0.1, 0.15) is 46.0 Å². The molecular weight excluding hydrogens is 446 g/mol. The highest BCUT2D eigenvalue weighted by Gasteiger charge is 2.33. The molecule has 7 nitrogen and oxygen atoms in total. The molecule has 164 valence electrons. The van der Waals surface area contributed by atoms with Crippen molar-refractivity contribution < 1.29 is 14.7 Å². The van der Waals surface area contributed by atoms with Crippen LogP contribution in [-0.2, 0) is 11.3 Å². The summed E-state index contributed by atoms with van der Waals surface area (Å²) in [6, 6.07) is 9.53. The van der Waals surface area contributed by atoms with Gasteiger partial charge in [0.15, 0.2) is 5.78 Å². The van der Waals surface area contributed by atoms with Gasteiger partial charge in [-0.2, -0.15) is 5.26 Å². The minimum atomic E-state index is -0.639. The van der Waals surface area contributed by atoms with Crippen molar-refractivity contribution in [2.24, 2.45) is 0 Å². The van der Waals surface area contributed by atoms with Crippen molar-refractivity contribution in [1.82, 2.24) is 9.47 Å². The number of thioether (sulfide) groups is 1. The van der Waals surface area contributed by atoms with E-state index in [0.717, 1.165) is 15.7 Å². The fourth-order valence-electron chi connectivity index (χ4n) is 3.42. The Balaban J connectivity index is 1.82. The summed E-state index contributed by atoms with van der Waals surface area (Å²) in [5.74, 6) is -1.23. The summed E-state index contributed by atoms with van der Waals surface area (Å²) in [6.45, 7) is 5.20. The second kappa shape index (κ2) is 9.51. The van der Waals surface area contributed by atoms with Gasteiger partial charge in [-0.1, -0.05) is 53.8 Å². The zero-order valence-corrected chi connectivity index (χ0v) is 19.5. The summed E-state index contributed by atoms with van der Waals surface area (Å²) >= 11 is 6.49. The lowest BCUT2D eigenvalue weighted by atomic mass is 10.00. The van der Waals surface area contributed by atoms with E-state index >= 15 is 0 Å². The van der Waals surface area contributed by atoms with E-state index in [9.17, 15) is 24.8 Å². The molecule has 1 amide bonds. The Morgan fingerprint density at radius 1 is 1.25 bits per heavy atom. The lowest BCUT2D eigenvalue weighted by Crippen LogP contribution is -2.31. The molecule has 0 radical (unpaired) electrons. The van der Waals surface area contributed by atoms with Crippen molar-refractivity contribution in [3.8, 4) is 11.9 Å². The van der Waals surface area contributed by atoms with E-state index in [1.807, 2.05) is 37.3 Å². The SMILES string of the molecule is CCn1c(O)c(C(=O)CCN2C(=O)/C(=C/c3ccc(C)cc3)SC2=S)c(C)c(C#N)c1=O. The minimum absolute atomic E-state index is 0.0285. The Hall–Kier alpha value is -3.22. The molecule has 1 aromatic carbocycles. The number of pyridine rings is 1. The summed E-state index contributed by atoms with van der Waals surface area (Å²) < 4.78 is 1.33. The number of ketones is 1. The first-order chi connectivity index (χ1) is 15.2. The molecule has 0 bridgehead atoms. The number of Topliss-reactive ketones (excluding diaryl/α,β-unsaturated/α-hetero) is 1. The number of rotatable bonds is 6. The van der Waals surface area contributed by atoms with E-state index in [4.69, 9.17) is 12.2 Å². The maximum atomic E-state index is 12.9. The highest BCUT2D eigenvalue weighted by atomic mass is 32.2. The van der Waals surface area contributed by atoms with Crippen LogP contribution >= 0.6 is 24.0 Å². The van der Waals surface area contributed by atoms with E-state index in [1.54, 1.807) is 13.0 Å². The average molecular weight is 468 g/mol. The molecule has 1 aromatic heterocycles. The van der Waals surface area contributed by atoms with Crippen molar-refractivity contribution in [2.75, 3.05) is 6.54 Å². The molecule has 0 saturated carbocycles. The van der Waals surface area contributed by atoms with E-state index in [2.05, 4.69) is 0 Å². The van der Waals surface area contributed by atoms with Gasteiger partial charge in [-0.25, -0.2) is 0 Å². The van der Waals surface area contributed by atoms with Gasteiger partial charge >= 0.3 is 0 Å². The smallest absolute Gasteiger partial charge is 0.271 e. The number of aromatic hydroxyl groups is 1. The van der Waals surface area contributed by atoms with Crippen molar-refractivity contribution >= 4 is 46.1 Å². The predicted molar refractivity (Wildman–Crippen MR) is 127 cm³/mol. The molecule has 9 heteroatoms. The van der Waals surface area contributed by atoms with Crippen molar-refractivity contribution in [2.45, 2.75) is 33.7 Å². The number of carbonyl (C=O) groups excluding carboxylic acids is 2. The molecule has 3 rings (SSSR count). The maximum Gasteiger partial charge on any atom is 0.271 e. The third kappa shape index (κ3) is 4.38. The number of carbonyl (C=O) groups is 2. The Morgan fingerprint density at radius 3 is 2.50 bits per heavy atom. The monoisotopic (exact) mass is 467 g/mol. The number of thiocarbonyl (C=S) groups is 1. The van der Waals surface area contributed by atoms with Crippen LogP contribution in [0.2, 0.25) is 0 Å². The van der Waals surface area contributed by atoms with Crippen LogP contribution in [-0.4, -0.2) is 37.1 Å². The highest BCUT2D eigenvalue weighted by Crippen LogP contribution is 2.33. The van der Waals surface area contributed by atoms with Gasteiger partial charge in [0.05, 0.1) is 10.5 Å². The molecule has 0 unspecified atom stereocenters. The molecule has 1 aliphatic rings. The van der Waals surface area contributed by atoms with Crippen molar-refractivity contribution in [3.63, 3.8) is 0 Å². The van der Waals surface area contributed by atoms with Gasteiger partial charge < -0.3 is 5.11 Å². The zero-order valence-electron chi connectivity index (χ0n) is 17.8. The van der Waals surface area contributed by atoms with Crippen LogP contribution in [0, 0.1) is 25.2 Å². The minimum Gasteiger partial charge on any atom is -0.494 e. The van der Waals surface area contributed by atoms with Crippen LogP contribution in [0.25, 0.3) is 6.08 Å². The molecule has 0 atom stereocenters. The number of nitriles is 1. The second-order valence-corrected chi connectivity index (χ2v) is 8.95. The van der Waals surface area contributed by atoms with Crippen LogP contribution in [0.15, 0.2) is 34.0 Å². The number of amides is 1. The second-order valence-electron chi connectivity index (χ2n) is 7.28. The largest absolute Gasteiger partial charge is 0.494 e. The summed E-state index contributed by atoms with van der Waals surface area (Å²) in [4.78, 5) is 39.9. The van der Waals surface area contributed by atoms with Crippen molar-refractivity contribution in [1.29, 1.82) is 5.26 Å². The Bertz CT molecular complexity index is 1250. The number of nitrogens with zero attached hydrogens (tertiary/aromatic N) is 3. The van der Waals surface area contributed by atoms with Gasteiger partial charge in [0, 0.05) is 19.5 Å². The third-order valence-electron chi connectivity index (χ3n) is 5.21. The molecule has 0 spiro atoms. The van der Waals surface area contributed by atoms with E-state index in [0.29, 0.717) is 9.23 Å². The van der Waals surface area contributed by atoms with Gasteiger partial charge in [0.2, 0.25) is 5.88 Å². The predicted octanol–water partition coefficient (Wildman–Crippen LogP) is 3.54. The first-order valence-corrected chi connectivity index (χ1v) is 11.1.